The van der Waals surface area contributed by atoms with Crippen LogP contribution in [0.5, 0.6) is 0 Å². The van der Waals surface area contributed by atoms with E-state index in [0.29, 0.717) is 22.4 Å². The minimum atomic E-state index is -3.21. The summed E-state index contributed by atoms with van der Waals surface area (Å²) >= 11 is 0. The van der Waals surface area contributed by atoms with Crippen molar-refractivity contribution < 1.29 is 13.2 Å². The van der Waals surface area contributed by atoms with Gasteiger partial charge in [-0.25, -0.2) is 8.42 Å². The quantitative estimate of drug-likeness (QED) is 0.852. The van der Waals surface area contributed by atoms with Gasteiger partial charge >= 0.3 is 0 Å². The molecule has 5 heteroatoms. The molecular weight excluding hydrogens is 310 g/mol. The predicted octanol–water partition coefficient (Wildman–Crippen LogP) is 3.27. The van der Waals surface area contributed by atoms with Crippen molar-refractivity contribution in [3.8, 4) is 0 Å². The largest absolute Gasteiger partial charge is 0.333 e. The molecule has 1 heterocycles. The van der Waals surface area contributed by atoms with Crippen LogP contribution in [0.3, 0.4) is 0 Å². The summed E-state index contributed by atoms with van der Waals surface area (Å²) in [5, 5.41) is 0. The molecule has 126 valence electrons. The average Bonchev–Trinajstić information content (AvgIpc) is 2.90. The van der Waals surface area contributed by atoms with Crippen molar-refractivity contribution in [3.05, 3.63) is 29.8 Å². The number of sulfone groups is 1. The second kappa shape index (κ2) is 6.27. The highest BCUT2D eigenvalue weighted by molar-refractivity contribution is 7.91. The molecular formula is C18H25NO3S. The maximum atomic E-state index is 12.9. The fourth-order valence-corrected chi connectivity index (χ4v) is 5.06. The molecule has 4 nitrogen and oxygen atoms in total. The van der Waals surface area contributed by atoms with Gasteiger partial charge in [0.05, 0.1) is 10.6 Å². The Balaban J connectivity index is 1.83. The zero-order valence-corrected chi connectivity index (χ0v) is 14.7. The number of fused-ring (bicyclic) bond motifs is 1. The van der Waals surface area contributed by atoms with Gasteiger partial charge < -0.3 is 4.90 Å². The van der Waals surface area contributed by atoms with Crippen molar-refractivity contribution in [1.82, 2.24) is 4.90 Å². The molecule has 3 rings (SSSR count). The van der Waals surface area contributed by atoms with Crippen LogP contribution >= 0.6 is 0 Å². The second-order valence-electron chi connectivity index (χ2n) is 6.84. The molecule has 0 aromatic heterocycles. The minimum Gasteiger partial charge on any atom is -0.333 e. The molecule has 1 aromatic rings. The highest BCUT2D eigenvalue weighted by Gasteiger charge is 2.42. The van der Waals surface area contributed by atoms with Gasteiger partial charge in [0, 0.05) is 17.6 Å². The van der Waals surface area contributed by atoms with Gasteiger partial charge in [0.2, 0.25) is 0 Å². The lowest BCUT2D eigenvalue weighted by Crippen LogP contribution is -2.42. The fraction of sp³-hybridized carbons (Fsp3) is 0.611. The normalized spacial score (nSPS) is 27.7. The summed E-state index contributed by atoms with van der Waals surface area (Å²) in [6.45, 7) is 3.76. The molecule has 0 N–H and O–H groups in total. The Morgan fingerprint density at radius 3 is 2.48 bits per heavy atom. The van der Waals surface area contributed by atoms with Crippen LogP contribution in [0.1, 0.15) is 56.3 Å². The van der Waals surface area contributed by atoms with Crippen molar-refractivity contribution in [3.63, 3.8) is 0 Å². The number of hydrogen-bond donors (Lipinski definition) is 0. The number of carbonyl (C=O) groups excluding carboxylic acids is 1. The molecule has 2 fully saturated rings. The highest BCUT2D eigenvalue weighted by atomic mass is 32.2. The molecule has 1 aliphatic carbocycles. The molecule has 1 saturated heterocycles. The van der Waals surface area contributed by atoms with Crippen LogP contribution in [-0.4, -0.2) is 37.1 Å². The molecule has 0 radical (unpaired) electrons. The Morgan fingerprint density at radius 2 is 1.83 bits per heavy atom. The Bertz CT molecular complexity index is 681. The second-order valence-corrected chi connectivity index (χ2v) is 9.12. The van der Waals surface area contributed by atoms with Crippen LogP contribution in [0.15, 0.2) is 29.2 Å². The van der Waals surface area contributed by atoms with Crippen LogP contribution in [-0.2, 0) is 9.84 Å². The van der Waals surface area contributed by atoms with E-state index in [0.717, 1.165) is 12.8 Å². The summed E-state index contributed by atoms with van der Waals surface area (Å²) in [4.78, 5) is 15.3. The van der Waals surface area contributed by atoms with E-state index in [1.807, 2.05) is 4.90 Å². The van der Waals surface area contributed by atoms with E-state index in [1.165, 1.54) is 19.3 Å². The van der Waals surface area contributed by atoms with E-state index in [2.05, 4.69) is 6.92 Å². The topological polar surface area (TPSA) is 54.5 Å². The van der Waals surface area contributed by atoms with E-state index in [9.17, 15) is 13.2 Å². The van der Waals surface area contributed by atoms with Gasteiger partial charge in [-0.15, -0.1) is 0 Å². The predicted molar refractivity (Wildman–Crippen MR) is 90.2 cm³/mol. The van der Waals surface area contributed by atoms with E-state index in [-0.39, 0.29) is 17.7 Å². The molecule has 1 amide bonds. The lowest BCUT2D eigenvalue weighted by Gasteiger charge is -2.33. The number of hydrogen-bond acceptors (Lipinski definition) is 3. The number of amides is 1. The van der Waals surface area contributed by atoms with Gasteiger partial charge in [-0.05, 0) is 56.4 Å². The first-order valence-corrected chi connectivity index (χ1v) is 10.2. The van der Waals surface area contributed by atoms with Crippen molar-refractivity contribution >= 4 is 15.7 Å². The van der Waals surface area contributed by atoms with Crippen LogP contribution in [0.25, 0.3) is 0 Å². The van der Waals surface area contributed by atoms with E-state index < -0.39 is 9.84 Å². The summed E-state index contributed by atoms with van der Waals surface area (Å²) in [6.07, 6.45) is 5.90. The number of rotatable bonds is 3. The number of nitrogens with zero attached hydrogens (tertiary/aromatic N) is 1. The maximum Gasteiger partial charge on any atom is 0.254 e. The summed E-state index contributed by atoms with van der Waals surface area (Å²) in [7, 11) is -3.21. The zero-order chi connectivity index (χ0) is 16.6. The summed E-state index contributed by atoms with van der Waals surface area (Å²) in [5.41, 5.74) is 0.595. The van der Waals surface area contributed by atoms with E-state index in [4.69, 9.17) is 0 Å². The average molecular weight is 335 g/mol. The third-order valence-corrected chi connectivity index (χ3v) is 7.17. The zero-order valence-electron chi connectivity index (χ0n) is 13.9. The summed E-state index contributed by atoms with van der Waals surface area (Å²) < 4.78 is 23.8. The van der Waals surface area contributed by atoms with Crippen LogP contribution < -0.4 is 0 Å². The van der Waals surface area contributed by atoms with Gasteiger partial charge in [0.25, 0.3) is 5.91 Å². The van der Waals surface area contributed by atoms with Crippen LogP contribution in [0.4, 0.5) is 0 Å². The Hall–Kier alpha value is -1.36. The molecule has 2 aliphatic rings. The van der Waals surface area contributed by atoms with Gasteiger partial charge in [-0.2, -0.15) is 0 Å². The molecule has 0 bridgehead atoms. The third-order valence-electron chi connectivity index (χ3n) is 5.42. The maximum absolute atomic E-state index is 12.9. The number of benzene rings is 1. The molecule has 3 atom stereocenters. The summed E-state index contributed by atoms with van der Waals surface area (Å²) in [5.74, 6) is 0.766. The summed E-state index contributed by atoms with van der Waals surface area (Å²) in [6, 6.07) is 7.08. The third kappa shape index (κ3) is 3.03. The van der Waals surface area contributed by atoms with Crippen LogP contribution in [0, 0.1) is 5.92 Å². The lowest BCUT2D eigenvalue weighted by molar-refractivity contribution is 0.0633. The van der Waals surface area contributed by atoms with Crippen LogP contribution in [0.2, 0.25) is 0 Å². The van der Waals surface area contributed by atoms with E-state index in [1.54, 1.807) is 31.2 Å². The first-order valence-electron chi connectivity index (χ1n) is 8.59. The first-order chi connectivity index (χ1) is 10.9. The SMILES string of the molecule is CCS(=O)(=O)c1ccc(C(=O)N2C(C)CC3CCCCC32)cc1. The van der Waals surface area contributed by atoms with Gasteiger partial charge in [0.15, 0.2) is 9.84 Å². The highest BCUT2D eigenvalue weighted by Crippen LogP contribution is 2.40. The Morgan fingerprint density at radius 1 is 1.17 bits per heavy atom. The monoisotopic (exact) mass is 335 g/mol. The van der Waals surface area contributed by atoms with Gasteiger partial charge in [-0.1, -0.05) is 19.8 Å². The van der Waals surface area contributed by atoms with Gasteiger partial charge in [-0.3, -0.25) is 4.79 Å². The standard InChI is InChI=1S/C18H25NO3S/c1-3-23(21,22)16-10-8-14(9-11-16)18(20)19-13(2)12-15-6-4-5-7-17(15)19/h8-11,13,15,17H,3-7,12H2,1-2H3. The first kappa shape index (κ1) is 16.5. The molecule has 0 spiro atoms. The molecule has 1 aromatic carbocycles. The van der Waals surface area contributed by atoms with Crippen molar-refractivity contribution in [2.75, 3.05) is 5.75 Å². The smallest absolute Gasteiger partial charge is 0.254 e. The Labute approximate surface area is 138 Å². The lowest BCUT2D eigenvalue weighted by atomic mass is 9.85. The molecule has 1 saturated carbocycles. The molecule has 3 unspecified atom stereocenters. The molecule has 23 heavy (non-hydrogen) atoms. The minimum absolute atomic E-state index is 0.0485. The Kier molecular flexibility index (Phi) is 4.50. The fourth-order valence-electron chi connectivity index (χ4n) is 4.18. The van der Waals surface area contributed by atoms with Crippen molar-refractivity contribution in [1.29, 1.82) is 0 Å². The molecule has 1 aliphatic heterocycles. The van der Waals surface area contributed by atoms with Gasteiger partial charge in [0.1, 0.15) is 0 Å². The van der Waals surface area contributed by atoms with Crippen molar-refractivity contribution in [2.24, 2.45) is 5.92 Å². The number of carbonyl (C=O) groups is 1. The van der Waals surface area contributed by atoms with Crippen molar-refractivity contribution in [2.45, 2.75) is 62.9 Å². The van der Waals surface area contributed by atoms with E-state index >= 15 is 0 Å². The number of likely N-dealkylation sites (tertiary alicyclic amines) is 1.